The zero-order valence-corrected chi connectivity index (χ0v) is 19.7. The normalized spacial score (nSPS) is 13.9. The van der Waals surface area contributed by atoms with Gasteiger partial charge < -0.3 is 10.6 Å². The van der Waals surface area contributed by atoms with Gasteiger partial charge in [-0.3, -0.25) is 9.78 Å². The molecule has 1 aromatic carbocycles. The second-order valence-electron chi connectivity index (χ2n) is 8.24. The first-order valence-electron chi connectivity index (χ1n) is 10.8. The Bertz CT molecular complexity index is 1400. The first-order valence-corrected chi connectivity index (χ1v) is 11.6. The van der Waals surface area contributed by atoms with E-state index in [1.807, 2.05) is 12.1 Å². The summed E-state index contributed by atoms with van der Waals surface area (Å²) in [4.78, 5) is 33.5. The summed E-state index contributed by atoms with van der Waals surface area (Å²) < 4.78 is 0.678. The fourth-order valence-corrected chi connectivity index (χ4v) is 4.33. The summed E-state index contributed by atoms with van der Waals surface area (Å²) >= 11 is 3.41. The number of halogens is 1. The quantitative estimate of drug-likeness (QED) is 0.404. The van der Waals surface area contributed by atoms with Crippen LogP contribution in [0.1, 0.15) is 46.3 Å². The molecule has 1 amide bonds. The van der Waals surface area contributed by atoms with E-state index in [0.717, 1.165) is 18.2 Å². The number of carbonyl (C=O) groups excluding carboxylic acids is 1. The highest BCUT2D eigenvalue weighted by Gasteiger charge is 2.40. The lowest BCUT2D eigenvalue weighted by Gasteiger charge is -2.31. The van der Waals surface area contributed by atoms with Crippen molar-refractivity contribution in [3.8, 4) is 6.07 Å². The van der Waals surface area contributed by atoms with Gasteiger partial charge in [0.15, 0.2) is 5.82 Å². The van der Waals surface area contributed by atoms with E-state index in [-0.39, 0.29) is 24.4 Å². The van der Waals surface area contributed by atoms with E-state index < -0.39 is 0 Å². The summed E-state index contributed by atoms with van der Waals surface area (Å²) in [5.74, 6) is 1.14. The molecule has 1 fully saturated rings. The molecule has 5 rings (SSSR count). The molecular formula is C25H20BrN7O. The van der Waals surface area contributed by atoms with Crippen LogP contribution >= 0.6 is 15.9 Å². The molecule has 1 aliphatic rings. The Labute approximate surface area is 204 Å². The van der Waals surface area contributed by atoms with Gasteiger partial charge in [0.05, 0.1) is 33.8 Å². The smallest absolute Gasteiger partial charge is 0.254 e. The molecule has 4 aromatic rings. The highest BCUT2D eigenvalue weighted by atomic mass is 79.9. The predicted molar refractivity (Wildman–Crippen MR) is 130 cm³/mol. The molecule has 1 saturated carbocycles. The summed E-state index contributed by atoms with van der Waals surface area (Å²) in [5.41, 5.74) is 8.31. The number of carbonyl (C=O) groups is 1. The second-order valence-corrected chi connectivity index (χ2v) is 9.09. The molecule has 1 atom stereocenters. The van der Waals surface area contributed by atoms with Crippen molar-refractivity contribution in [1.29, 1.82) is 5.26 Å². The van der Waals surface area contributed by atoms with Crippen LogP contribution in [0.4, 0.5) is 5.82 Å². The Morgan fingerprint density at radius 3 is 2.65 bits per heavy atom. The molecule has 0 unspecified atom stereocenters. The maximum absolute atomic E-state index is 13.9. The van der Waals surface area contributed by atoms with E-state index >= 15 is 0 Å². The molecular weight excluding hydrogens is 494 g/mol. The number of nitriles is 1. The molecule has 3 aromatic heterocycles. The number of fused-ring (bicyclic) bond motifs is 1. The lowest BCUT2D eigenvalue weighted by molar-refractivity contribution is 0.0618. The van der Waals surface area contributed by atoms with E-state index in [9.17, 15) is 4.79 Å². The zero-order valence-electron chi connectivity index (χ0n) is 18.1. The van der Waals surface area contributed by atoms with Crippen LogP contribution in [0.25, 0.3) is 10.9 Å². The Hall–Kier alpha value is -3.90. The number of nitrogens with zero attached hydrogens (tertiary/aromatic N) is 6. The third-order valence-electron chi connectivity index (χ3n) is 5.84. The van der Waals surface area contributed by atoms with Crippen LogP contribution in [-0.4, -0.2) is 30.7 Å². The summed E-state index contributed by atoms with van der Waals surface area (Å²) in [5, 5.41) is 9.91. The highest BCUT2D eigenvalue weighted by Crippen LogP contribution is 2.44. The third-order valence-corrected chi connectivity index (χ3v) is 6.48. The second kappa shape index (κ2) is 9.15. The topological polar surface area (TPSA) is 122 Å². The molecule has 9 heteroatoms. The van der Waals surface area contributed by atoms with Gasteiger partial charge in [0.1, 0.15) is 11.9 Å². The van der Waals surface area contributed by atoms with Crippen LogP contribution in [0.15, 0.2) is 65.5 Å². The van der Waals surface area contributed by atoms with Gasteiger partial charge in [-0.15, -0.1) is 0 Å². The van der Waals surface area contributed by atoms with Crippen molar-refractivity contribution >= 4 is 38.6 Å². The molecule has 0 radical (unpaired) electrons. The molecule has 0 aliphatic heterocycles. The number of rotatable bonds is 6. The fraction of sp³-hybridized carbons (Fsp3) is 0.200. The van der Waals surface area contributed by atoms with E-state index in [4.69, 9.17) is 11.0 Å². The molecule has 168 valence electrons. The van der Waals surface area contributed by atoms with Crippen molar-refractivity contribution in [2.75, 3.05) is 5.73 Å². The Morgan fingerprint density at radius 1 is 1.18 bits per heavy atom. The van der Waals surface area contributed by atoms with Gasteiger partial charge in [0.2, 0.25) is 0 Å². The first kappa shape index (κ1) is 21.9. The van der Waals surface area contributed by atoms with Gasteiger partial charge in [0.25, 0.3) is 5.91 Å². The minimum atomic E-state index is -0.280. The van der Waals surface area contributed by atoms with Crippen LogP contribution in [0.5, 0.6) is 0 Å². The van der Waals surface area contributed by atoms with Gasteiger partial charge in [-0.2, -0.15) is 5.26 Å². The van der Waals surface area contributed by atoms with Gasteiger partial charge >= 0.3 is 0 Å². The number of nitrogens with two attached hydrogens (primary N) is 1. The molecule has 2 N–H and O–H groups in total. The number of pyridine rings is 2. The van der Waals surface area contributed by atoms with E-state index in [1.54, 1.807) is 47.6 Å². The monoisotopic (exact) mass is 513 g/mol. The number of amides is 1. The molecule has 34 heavy (non-hydrogen) atoms. The minimum absolute atomic E-state index is 0.148. The summed E-state index contributed by atoms with van der Waals surface area (Å²) in [7, 11) is 0. The average molecular weight is 514 g/mol. The highest BCUT2D eigenvalue weighted by molar-refractivity contribution is 9.10. The fourth-order valence-electron chi connectivity index (χ4n) is 4.00. The van der Waals surface area contributed by atoms with Crippen LogP contribution in [0.3, 0.4) is 0 Å². The maximum Gasteiger partial charge on any atom is 0.254 e. The molecule has 0 saturated heterocycles. The van der Waals surface area contributed by atoms with E-state index in [2.05, 4.69) is 41.9 Å². The van der Waals surface area contributed by atoms with Gasteiger partial charge in [-0.05, 0) is 77.2 Å². The van der Waals surface area contributed by atoms with Gasteiger partial charge in [0, 0.05) is 29.5 Å². The Kier molecular flexibility index (Phi) is 5.90. The van der Waals surface area contributed by atoms with Crippen molar-refractivity contribution in [3.63, 3.8) is 0 Å². The first-order chi connectivity index (χ1) is 16.5. The average Bonchev–Trinajstić information content (AvgIpc) is 3.70. The SMILES string of the molecule is N#Cc1ccc(CN(C(=O)c2ccc3nc(N)c(Br)cc3c2)[C@@H](c2ncccn2)C2CC2)nc1. The van der Waals surface area contributed by atoms with Gasteiger partial charge in [-0.25, -0.2) is 15.0 Å². The van der Waals surface area contributed by atoms with E-state index in [1.165, 1.54) is 6.20 Å². The molecule has 0 spiro atoms. The number of hydrogen-bond donors (Lipinski definition) is 1. The number of aromatic nitrogens is 4. The molecule has 1 aliphatic carbocycles. The van der Waals surface area contributed by atoms with E-state index in [0.29, 0.717) is 38.5 Å². The van der Waals surface area contributed by atoms with Crippen molar-refractivity contribution in [3.05, 3.63) is 88.2 Å². The lowest BCUT2D eigenvalue weighted by atomic mass is 10.0. The molecule has 0 bridgehead atoms. The lowest BCUT2D eigenvalue weighted by Crippen LogP contribution is -2.36. The molecule has 8 nitrogen and oxygen atoms in total. The minimum Gasteiger partial charge on any atom is -0.383 e. The largest absolute Gasteiger partial charge is 0.383 e. The van der Waals surface area contributed by atoms with Crippen LogP contribution in [0.2, 0.25) is 0 Å². The maximum atomic E-state index is 13.9. The van der Waals surface area contributed by atoms with Crippen LogP contribution in [-0.2, 0) is 6.54 Å². The zero-order chi connectivity index (χ0) is 23.7. The Morgan fingerprint density at radius 2 is 1.97 bits per heavy atom. The number of benzene rings is 1. The standard InChI is InChI=1S/C25H20BrN7O/c26-20-11-18-10-17(5-7-21(18)32-23(20)28)25(34)33(14-19-6-2-15(12-27)13-31-19)22(16-3-4-16)24-29-8-1-9-30-24/h1-2,5-11,13,16,22H,3-4,14H2,(H2,28,32)/t22-/m1/s1. The number of anilines is 1. The predicted octanol–water partition coefficient (Wildman–Crippen LogP) is 4.43. The van der Waals surface area contributed by atoms with Crippen molar-refractivity contribution in [1.82, 2.24) is 24.8 Å². The van der Waals surface area contributed by atoms with Crippen molar-refractivity contribution in [2.24, 2.45) is 5.92 Å². The summed E-state index contributed by atoms with van der Waals surface area (Å²) in [6, 6.07) is 14.3. The third kappa shape index (κ3) is 4.45. The number of nitrogen functional groups attached to an aromatic ring is 1. The number of hydrogen-bond acceptors (Lipinski definition) is 7. The van der Waals surface area contributed by atoms with Crippen LogP contribution < -0.4 is 5.73 Å². The molecule has 3 heterocycles. The Balaban J connectivity index is 1.56. The van der Waals surface area contributed by atoms with Gasteiger partial charge in [-0.1, -0.05) is 0 Å². The van der Waals surface area contributed by atoms with Crippen molar-refractivity contribution in [2.45, 2.75) is 25.4 Å². The van der Waals surface area contributed by atoms with Crippen LogP contribution in [0, 0.1) is 17.2 Å². The summed E-state index contributed by atoms with van der Waals surface area (Å²) in [6.07, 6.45) is 6.92. The van der Waals surface area contributed by atoms with Crippen molar-refractivity contribution < 1.29 is 4.79 Å². The summed E-state index contributed by atoms with van der Waals surface area (Å²) in [6.45, 7) is 0.270.